The highest BCUT2D eigenvalue weighted by Gasteiger charge is 2.13. The van der Waals surface area contributed by atoms with Gasteiger partial charge in [-0.15, -0.1) is 11.6 Å². The van der Waals surface area contributed by atoms with E-state index in [2.05, 4.69) is 9.55 Å². The Balaban J connectivity index is 2.24. The molecule has 1 amide bonds. The normalized spacial score (nSPS) is 11.0. The van der Waals surface area contributed by atoms with Crippen molar-refractivity contribution >= 4 is 28.5 Å². The molecule has 0 radical (unpaired) electrons. The van der Waals surface area contributed by atoms with Crippen molar-refractivity contribution in [2.45, 2.75) is 38.6 Å². The zero-order valence-corrected chi connectivity index (χ0v) is 12.9. The van der Waals surface area contributed by atoms with E-state index < -0.39 is 0 Å². The van der Waals surface area contributed by atoms with E-state index in [1.165, 1.54) is 0 Å². The largest absolute Gasteiger partial charge is 0.492 e. The Morgan fingerprint density at radius 1 is 1.43 bits per heavy atom. The number of benzene rings is 1. The number of unbranched alkanes of at least 4 members (excludes halogenated alkanes) is 1. The molecule has 2 N–H and O–H groups in total. The molecule has 0 saturated carbocycles. The number of imidazole rings is 1. The number of carbonyl (C=O) groups is 1. The first-order chi connectivity index (χ1) is 10.2. The number of aryl methyl sites for hydroxylation is 1. The van der Waals surface area contributed by atoms with Gasteiger partial charge in [-0.25, -0.2) is 4.98 Å². The van der Waals surface area contributed by atoms with Gasteiger partial charge in [-0.2, -0.15) is 0 Å². The van der Waals surface area contributed by atoms with Crippen molar-refractivity contribution in [3.63, 3.8) is 0 Å². The van der Waals surface area contributed by atoms with E-state index in [-0.39, 0.29) is 5.91 Å². The highest BCUT2D eigenvalue weighted by Crippen LogP contribution is 2.27. The topological polar surface area (TPSA) is 70.1 Å². The molecule has 114 valence electrons. The van der Waals surface area contributed by atoms with Gasteiger partial charge in [0.2, 0.25) is 5.91 Å². The molecule has 0 saturated heterocycles. The summed E-state index contributed by atoms with van der Waals surface area (Å²) in [6.07, 6.45) is 2.03. The molecule has 0 aliphatic carbocycles. The lowest BCUT2D eigenvalue weighted by Gasteiger charge is -2.08. The summed E-state index contributed by atoms with van der Waals surface area (Å²) >= 11 is 6.00. The van der Waals surface area contributed by atoms with Crippen LogP contribution in [0, 0.1) is 0 Å². The average Bonchev–Trinajstić information content (AvgIpc) is 2.83. The molecule has 0 spiro atoms. The van der Waals surface area contributed by atoms with Crippen LogP contribution in [0.5, 0.6) is 5.75 Å². The highest BCUT2D eigenvalue weighted by atomic mass is 35.5. The second-order valence-electron chi connectivity index (χ2n) is 4.79. The second kappa shape index (κ2) is 7.31. The second-order valence-corrected chi connectivity index (χ2v) is 5.06. The lowest BCUT2D eigenvalue weighted by atomic mass is 10.2. The number of amides is 1. The predicted octanol–water partition coefficient (Wildman–Crippen LogP) is 2.83. The Morgan fingerprint density at radius 2 is 2.24 bits per heavy atom. The van der Waals surface area contributed by atoms with Crippen LogP contribution >= 0.6 is 11.6 Å². The van der Waals surface area contributed by atoms with E-state index in [0.29, 0.717) is 18.9 Å². The first-order valence-corrected chi connectivity index (χ1v) is 7.66. The number of hydrogen-bond donors (Lipinski definition) is 1. The summed E-state index contributed by atoms with van der Waals surface area (Å²) in [6, 6.07) is 5.87. The SMILES string of the molecule is CCOc1cccc2c1nc(CCl)n2CCCCC(N)=O. The molecule has 2 aromatic rings. The molecule has 1 aromatic carbocycles. The van der Waals surface area contributed by atoms with Gasteiger partial charge >= 0.3 is 0 Å². The molecule has 0 atom stereocenters. The molecule has 0 bridgehead atoms. The minimum Gasteiger partial charge on any atom is -0.492 e. The van der Waals surface area contributed by atoms with Crippen molar-refractivity contribution in [3.05, 3.63) is 24.0 Å². The fourth-order valence-electron chi connectivity index (χ4n) is 2.36. The molecule has 0 fully saturated rings. The van der Waals surface area contributed by atoms with E-state index in [1.807, 2.05) is 25.1 Å². The molecule has 1 aromatic heterocycles. The molecule has 0 aliphatic rings. The van der Waals surface area contributed by atoms with Crippen molar-refractivity contribution in [3.8, 4) is 5.75 Å². The number of aromatic nitrogens is 2. The molecule has 6 heteroatoms. The van der Waals surface area contributed by atoms with Gasteiger partial charge in [-0.3, -0.25) is 4.79 Å². The summed E-state index contributed by atoms with van der Waals surface area (Å²) in [5.41, 5.74) is 7.00. The number of ether oxygens (including phenoxy) is 1. The average molecular weight is 310 g/mol. The minimum atomic E-state index is -0.262. The number of fused-ring (bicyclic) bond motifs is 1. The van der Waals surface area contributed by atoms with Crippen molar-refractivity contribution in [2.24, 2.45) is 5.73 Å². The quantitative estimate of drug-likeness (QED) is 0.602. The van der Waals surface area contributed by atoms with E-state index in [4.69, 9.17) is 22.1 Å². The summed E-state index contributed by atoms with van der Waals surface area (Å²) in [5.74, 6) is 1.67. The van der Waals surface area contributed by atoms with Crippen molar-refractivity contribution in [2.75, 3.05) is 6.61 Å². The van der Waals surface area contributed by atoms with Gasteiger partial charge in [0.25, 0.3) is 0 Å². The smallest absolute Gasteiger partial charge is 0.217 e. The third-order valence-corrected chi connectivity index (χ3v) is 3.53. The van der Waals surface area contributed by atoms with Crippen LogP contribution < -0.4 is 10.5 Å². The number of nitrogens with zero attached hydrogens (tertiary/aromatic N) is 2. The van der Waals surface area contributed by atoms with Crippen molar-refractivity contribution < 1.29 is 9.53 Å². The monoisotopic (exact) mass is 309 g/mol. The maximum Gasteiger partial charge on any atom is 0.217 e. The fraction of sp³-hybridized carbons (Fsp3) is 0.467. The summed E-state index contributed by atoms with van der Waals surface area (Å²) in [6.45, 7) is 3.31. The Hall–Kier alpha value is -1.75. The summed E-state index contributed by atoms with van der Waals surface area (Å²) < 4.78 is 7.70. The van der Waals surface area contributed by atoms with Gasteiger partial charge in [0.05, 0.1) is 18.0 Å². The highest BCUT2D eigenvalue weighted by molar-refractivity contribution is 6.16. The number of primary amides is 1. The van der Waals surface area contributed by atoms with Crippen LogP contribution in [0.25, 0.3) is 11.0 Å². The predicted molar refractivity (Wildman–Crippen MR) is 83.5 cm³/mol. The molecule has 5 nitrogen and oxygen atoms in total. The van der Waals surface area contributed by atoms with E-state index in [1.54, 1.807) is 0 Å². The van der Waals surface area contributed by atoms with Crippen LogP contribution in [0.3, 0.4) is 0 Å². The zero-order valence-electron chi connectivity index (χ0n) is 12.1. The van der Waals surface area contributed by atoms with Gasteiger partial charge in [-0.05, 0) is 31.9 Å². The lowest BCUT2D eigenvalue weighted by Crippen LogP contribution is -2.10. The number of hydrogen-bond acceptors (Lipinski definition) is 3. The van der Waals surface area contributed by atoms with E-state index in [0.717, 1.165) is 42.0 Å². The van der Waals surface area contributed by atoms with E-state index in [9.17, 15) is 4.79 Å². The molecule has 1 heterocycles. The number of alkyl halides is 1. The van der Waals surface area contributed by atoms with Crippen molar-refractivity contribution in [1.82, 2.24) is 9.55 Å². The van der Waals surface area contributed by atoms with Gasteiger partial charge in [0.1, 0.15) is 17.1 Å². The Kier molecular flexibility index (Phi) is 5.44. The Morgan fingerprint density at radius 3 is 2.90 bits per heavy atom. The summed E-state index contributed by atoms with van der Waals surface area (Å²) in [5, 5.41) is 0. The maximum absolute atomic E-state index is 10.8. The minimum absolute atomic E-state index is 0.262. The van der Waals surface area contributed by atoms with Crippen LogP contribution in [0.15, 0.2) is 18.2 Å². The van der Waals surface area contributed by atoms with Crippen LogP contribution in [0.4, 0.5) is 0 Å². The fourth-order valence-corrected chi connectivity index (χ4v) is 2.57. The number of para-hydroxylation sites is 1. The zero-order chi connectivity index (χ0) is 15.2. The first-order valence-electron chi connectivity index (χ1n) is 7.12. The maximum atomic E-state index is 10.8. The van der Waals surface area contributed by atoms with Crippen LogP contribution in [0.2, 0.25) is 0 Å². The molecule has 21 heavy (non-hydrogen) atoms. The van der Waals surface area contributed by atoms with Crippen molar-refractivity contribution in [1.29, 1.82) is 0 Å². The lowest BCUT2D eigenvalue weighted by molar-refractivity contribution is -0.118. The summed E-state index contributed by atoms with van der Waals surface area (Å²) in [4.78, 5) is 15.4. The van der Waals surface area contributed by atoms with Gasteiger partial charge < -0.3 is 15.0 Å². The van der Waals surface area contributed by atoms with Crippen LogP contribution in [-0.4, -0.2) is 22.1 Å². The van der Waals surface area contributed by atoms with E-state index >= 15 is 0 Å². The molecular formula is C15H20ClN3O2. The van der Waals surface area contributed by atoms with Crippen LogP contribution in [0.1, 0.15) is 32.0 Å². The molecule has 0 aliphatic heterocycles. The molecule has 2 rings (SSSR count). The number of halogens is 1. The Bertz CT molecular complexity index is 625. The molecule has 0 unspecified atom stereocenters. The standard InChI is InChI=1S/C15H20ClN3O2/c1-2-21-12-7-5-6-11-15(12)18-14(10-16)19(11)9-4-3-8-13(17)20/h5-7H,2-4,8-10H2,1H3,(H2,17,20). The van der Waals surface area contributed by atoms with Gasteiger partial charge in [-0.1, -0.05) is 6.07 Å². The number of nitrogens with two attached hydrogens (primary N) is 1. The van der Waals surface area contributed by atoms with Crippen LogP contribution in [-0.2, 0) is 17.2 Å². The third-order valence-electron chi connectivity index (χ3n) is 3.30. The number of carbonyl (C=O) groups excluding carboxylic acids is 1. The number of rotatable bonds is 8. The van der Waals surface area contributed by atoms with Gasteiger partial charge in [0, 0.05) is 13.0 Å². The molecular weight excluding hydrogens is 290 g/mol. The van der Waals surface area contributed by atoms with Gasteiger partial charge in [0.15, 0.2) is 0 Å². The first kappa shape index (κ1) is 15.6. The third kappa shape index (κ3) is 3.67. The Labute approximate surface area is 129 Å². The summed E-state index contributed by atoms with van der Waals surface area (Å²) in [7, 11) is 0.